The first-order valence-electron chi connectivity index (χ1n) is 7.80. The van der Waals surface area contributed by atoms with E-state index in [9.17, 15) is 14.7 Å². The number of rotatable bonds is 4. The summed E-state index contributed by atoms with van der Waals surface area (Å²) in [5, 5.41) is 9.19. The molecule has 20 heavy (non-hydrogen) atoms. The Labute approximate surface area is 120 Å². The van der Waals surface area contributed by atoms with E-state index in [4.69, 9.17) is 0 Å². The summed E-state index contributed by atoms with van der Waals surface area (Å²) in [5.74, 6) is 0.705. The Morgan fingerprint density at radius 2 is 1.90 bits per heavy atom. The maximum atomic E-state index is 12.5. The number of carbonyl (C=O) groups is 2. The van der Waals surface area contributed by atoms with Gasteiger partial charge < -0.3 is 10.0 Å². The van der Waals surface area contributed by atoms with Crippen molar-refractivity contribution in [1.29, 1.82) is 0 Å². The van der Waals surface area contributed by atoms with E-state index in [1.54, 1.807) is 4.90 Å². The van der Waals surface area contributed by atoms with E-state index in [-0.39, 0.29) is 17.2 Å². The standard InChI is InChI=1S/C16H25NO3/c1-16(2)12(13(16)15(19)20)14(18)17(3)8-11-7-9-4-5-10(11)6-9/h9-13H,4-8H2,1-3H3,(H,19,20)/t9?,10?,11?,12-,13+/m1/s1. The van der Waals surface area contributed by atoms with Crippen molar-refractivity contribution < 1.29 is 14.7 Å². The van der Waals surface area contributed by atoms with Crippen LogP contribution in [0.5, 0.6) is 0 Å². The lowest BCUT2D eigenvalue weighted by atomic mass is 9.88. The monoisotopic (exact) mass is 279 g/mol. The Kier molecular flexibility index (Phi) is 3.11. The Bertz CT molecular complexity index is 445. The minimum absolute atomic E-state index is 0.0326. The van der Waals surface area contributed by atoms with Gasteiger partial charge >= 0.3 is 5.97 Å². The second kappa shape index (κ2) is 4.47. The molecule has 4 heteroatoms. The highest BCUT2D eigenvalue weighted by molar-refractivity contribution is 5.91. The van der Waals surface area contributed by atoms with Crippen LogP contribution in [0.3, 0.4) is 0 Å². The first-order chi connectivity index (χ1) is 9.32. The van der Waals surface area contributed by atoms with Crippen molar-refractivity contribution in [3.63, 3.8) is 0 Å². The first kappa shape index (κ1) is 13.9. The van der Waals surface area contributed by atoms with Gasteiger partial charge in [-0.3, -0.25) is 9.59 Å². The van der Waals surface area contributed by atoms with Crippen molar-refractivity contribution in [3.8, 4) is 0 Å². The number of carboxylic acids is 1. The van der Waals surface area contributed by atoms with Gasteiger partial charge in [-0.05, 0) is 42.4 Å². The minimum Gasteiger partial charge on any atom is -0.481 e. The van der Waals surface area contributed by atoms with Gasteiger partial charge in [0.05, 0.1) is 11.8 Å². The molecule has 3 saturated carbocycles. The molecule has 3 aliphatic rings. The van der Waals surface area contributed by atoms with Crippen molar-refractivity contribution in [3.05, 3.63) is 0 Å². The average Bonchev–Trinajstić information content (AvgIpc) is 2.72. The van der Waals surface area contributed by atoms with Crippen LogP contribution in [0.25, 0.3) is 0 Å². The van der Waals surface area contributed by atoms with E-state index in [1.807, 2.05) is 20.9 Å². The SMILES string of the molecule is CN(CC1CC2CCC1C2)C(=O)[C@H]1[C@@H](C(=O)O)C1(C)C. The fraction of sp³-hybridized carbons (Fsp3) is 0.875. The van der Waals surface area contributed by atoms with Gasteiger partial charge in [-0.1, -0.05) is 20.3 Å². The van der Waals surface area contributed by atoms with Gasteiger partial charge in [-0.25, -0.2) is 0 Å². The summed E-state index contributed by atoms with van der Waals surface area (Å²) in [6.07, 6.45) is 5.30. The summed E-state index contributed by atoms with van der Waals surface area (Å²) in [7, 11) is 1.85. The summed E-state index contributed by atoms with van der Waals surface area (Å²) in [4.78, 5) is 25.5. The smallest absolute Gasteiger partial charge is 0.307 e. The molecule has 1 N–H and O–H groups in total. The van der Waals surface area contributed by atoms with Crippen LogP contribution in [0.4, 0.5) is 0 Å². The fourth-order valence-electron chi connectivity index (χ4n) is 4.84. The third-order valence-corrected chi connectivity index (χ3v) is 6.13. The Morgan fingerprint density at radius 3 is 2.35 bits per heavy atom. The summed E-state index contributed by atoms with van der Waals surface area (Å²) in [6, 6.07) is 0. The van der Waals surface area contributed by atoms with Crippen LogP contribution in [-0.4, -0.2) is 35.5 Å². The molecule has 1 amide bonds. The summed E-state index contributed by atoms with van der Waals surface area (Å²) >= 11 is 0. The summed E-state index contributed by atoms with van der Waals surface area (Å²) < 4.78 is 0. The zero-order valence-corrected chi connectivity index (χ0v) is 12.6. The minimum atomic E-state index is -0.832. The third kappa shape index (κ3) is 2.04. The van der Waals surface area contributed by atoms with Crippen LogP contribution < -0.4 is 0 Å². The molecule has 0 radical (unpaired) electrons. The van der Waals surface area contributed by atoms with Crippen molar-refractivity contribution in [1.82, 2.24) is 4.90 Å². The fourth-order valence-corrected chi connectivity index (χ4v) is 4.84. The maximum absolute atomic E-state index is 12.5. The zero-order valence-electron chi connectivity index (χ0n) is 12.6. The first-order valence-corrected chi connectivity index (χ1v) is 7.80. The Morgan fingerprint density at radius 1 is 1.20 bits per heavy atom. The Hall–Kier alpha value is -1.06. The molecule has 3 aliphatic carbocycles. The quantitative estimate of drug-likeness (QED) is 0.858. The van der Waals surface area contributed by atoms with Gasteiger partial charge in [0.15, 0.2) is 0 Å². The van der Waals surface area contributed by atoms with Gasteiger partial charge in [-0.2, -0.15) is 0 Å². The second-order valence-corrected chi connectivity index (χ2v) is 7.77. The van der Waals surface area contributed by atoms with E-state index in [0.717, 1.165) is 18.4 Å². The lowest BCUT2D eigenvalue weighted by Gasteiger charge is -2.27. The molecular weight excluding hydrogens is 254 g/mol. The van der Waals surface area contributed by atoms with Crippen molar-refractivity contribution >= 4 is 11.9 Å². The molecule has 0 spiro atoms. The molecule has 0 saturated heterocycles. The number of hydrogen-bond acceptors (Lipinski definition) is 2. The number of carboxylic acid groups (broad SMARTS) is 1. The highest BCUT2D eigenvalue weighted by Gasteiger charge is 2.66. The number of nitrogens with zero attached hydrogens (tertiary/aromatic N) is 1. The highest BCUT2D eigenvalue weighted by Crippen LogP contribution is 2.59. The number of hydrogen-bond donors (Lipinski definition) is 1. The lowest BCUT2D eigenvalue weighted by molar-refractivity contribution is -0.141. The van der Waals surface area contributed by atoms with Gasteiger partial charge in [-0.15, -0.1) is 0 Å². The molecule has 0 aromatic rings. The van der Waals surface area contributed by atoms with Crippen LogP contribution in [0.1, 0.15) is 39.5 Å². The third-order valence-electron chi connectivity index (χ3n) is 6.13. The number of carbonyl (C=O) groups excluding carboxylic acids is 1. The molecule has 112 valence electrons. The molecular formula is C16H25NO3. The van der Waals surface area contributed by atoms with Gasteiger partial charge in [0.2, 0.25) is 5.91 Å². The van der Waals surface area contributed by atoms with Crippen LogP contribution in [0.15, 0.2) is 0 Å². The van der Waals surface area contributed by atoms with E-state index < -0.39 is 11.9 Å². The summed E-state index contributed by atoms with van der Waals surface area (Å²) in [6.45, 7) is 4.60. The second-order valence-electron chi connectivity index (χ2n) is 7.77. The van der Waals surface area contributed by atoms with E-state index in [1.165, 1.54) is 25.7 Å². The van der Waals surface area contributed by atoms with Gasteiger partial charge in [0, 0.05) is 13.6 Å². The molecule has 0 aromatic heterocycles. The zero-order chi connectivity index (χ0) is 14.7. The molecule has 0 aliphatic heterocycles. The number of amides is 1. The van der Waals surface area contributed by atoms with Crippen molar-refractivity contribution in [2.24, 2.45) is 35.0 Å². The highest BCUT2D eigenvalue weighted by atomic mass is 16.4. The molecule has 0 aromatic carbocycles. The largest absolute Gasteiger partial charge is 0.481 e. The summed E-state index contributed by atoms with van der Waals surface area (Å²) in [5.41, 5.74) is -0.383. The average molecular weight is 279 g/mol. The van der Waals surface area contributed by atoms with Crippen LogP contribution >= 0.6 is 0 Å². The number of aliphatic carboxylic acids is 1. The topological polar surface area (TPSA) is 57.6 Å². The van der Waals surface area contributed by atoms with E-state index in [2.05, 4.69) is 0 Å². The molecule has 3 rings (SSSR count). The maximum Gasteiger partial charge on any atom is 0.307 e. The normalized spacial score (nSPS) is 40.6. The predicted molar refractivity (Wildman–Crippen MR) is 75.0 cm³/mol. The lowest BCUT2D eigenvalue weighted by Crippen LogP contribution is -2.35. The predicted octanol–water partition coefficient (Wildman–Crippen LogP) is 2.24. The van der Waals surface area contributed by atoms with E-state index in [0.29, 0.717) is 5.92 Å². The van der Waals surface area contributed by atoms with Crippen molar-refractivity contribution in [2.45, 2.75) is 39.5 Å². The molecule has 5 atom stereocenters. The van der Waals surface area contributed by atoms with Crippen molar-refractivity contribution in [2.75, 3.05) is 13.6 Å². The molecule has 3 unspecified atom stereocenters. The molecule has 4 nitrogen and oxygen atoms in total. The van der Waals surface area contributed by atoms with Crippen LogP contribution in [0, 0.1) is 35.0 Å². The molecule has 3 fully saturated rings. The molecule has 2 bridgehead atoms. The van der Waals surface area contributed by atoms with Crippen LogP contribution in [-0.2, 0) is 9.59 Å². The van der Waals surface area contributed by atoms with E-state index >= 15 is 0 Å². The number of fused-ring (bicyclic) bond motifs is 2. The van der Waals surface area contributed by atoms with Crippen LogP contribution in [0.2, 0.25) is 0 Å². The molecule has 0 heterocycles. The Balaban J connectivity index is 1.59. The van der Waals surface area contributed by atoms with Gasteiger partial charge in [0.25, 0.3) is 0 Å². The van der Waals surface area contributed by atoms with Gasteiger partial charge in [0.1, 0.15) is 0 Å².